The van der Waals surface area contributed by atoms with Crippen LogP contribution in [0.1, 0.15) is 11.1 Å². The van der Waals surface area contributed by atoms with Gasteiger partial charge in [-0.25, -0.2) is 13.4 Å². The molecule has 0 bridgehead atoms. The van der Waals surface area contributed by atoms with Crippen molar-refractivity contribution in [1.29, 1.82) is 0 Å². The van der Waals surface area contributed by atoms with Crippen molar-refractivity contribution in [3.8, 4) is 11.5 Å². The van der Waals surface area contributed by atoms with E-state index in [-0.39, 0.29) is 36.2 Å². The minimum Gasteiger partial charge on any atom is -0.454 e. The minimum atomic E-state index is -4.18. The Morgan fingerprint density at radius 1 is 0.940 bits per heavy atom. The smallest absolute Gasteiger partial charge is 0.283 e. The number of nitro benzene ring substituents is 2. The molecule has 1 aromatic heterocycles. The number of anilines is 1. The zero-order valence-corrected chi connectivity index (χ0v) is 28.4. The molecule has 15 nitrogen and oxygen atoms in total. The van der Waals surface area contributed by atoms with Crippen LogP contribution in [0.2, 0.25) is 0 Å². The average molecular weight is 734 g/mol. The van der Waals surface area contributed by atoms with Gasteiger partial charge in [0.2, 0.25) is 16.8 Å². The number of hydrogen-bond acceptors (Lipinski definition) is 14. The molecule has 1 N–H and O–H groups in total. The van der Waals surface area contributed by atoms with Crippen LogP contribution < -0.4 is 14.9 Å². The standard InChI is InChI=1S/C32H27N7O8S3/c40-38(41)23-7-8-25(31(17-23)50(44,45)37-13-11-36(12-14-37)19-22-5-9-27-28(16-22)47-20-46-27)35-33-18-21-6-10-30(26(15-21)39(42)43)49-32-34-24-3-1-2-4-29(24)48-32/h1-10,15-18,35H,11-14,19-20H2/b33-18-. The fraction of sp³-hybridized carbons (Fsp3) is 0.188. The zero-order valence-electron chi connectivity index (χ0n) is 26.0. The van der Waals surface area contributed by atoms with Crippen LogP contribution in [0.25, 0.3) is 10.2 Å². The molecule has 1 fully saturated rings. The van der Waals surface area contributed by atoms with Gasteiger partial charge in [-0.15, -0.1) is 11.3 Å². The third-order valence-electron chi connectivity index (χ3n) is 8.02. The molecule has 1 saturated heterocycles. The first-order valence-corrected chi connectivity index (χ1v) is 18.2. The second kappa shape index (κ2) is 14.0. The van der Waals surface area contributed by atoms with Crippen molar-refractivity contribution < 1.29 is 27.7 Å². The monoisotopic (exact) mass is 733 g/mol. The normalized spacial score (nSPS) is 15.1. The zero-order chi connectivity index (χ0) is 34.8. The lowest BCUT2D eigenvalue weighted by molar-refractivity contribution is -0.387. The molecule has 2 aliphatic heterocycles. The molecule has 0 saturated carbocycles. The van der Waals surface area contributed by atoms with Crippen molar-refractivity contribution in [2.45, 2.75) is 20.7 Å². The van der Waals surface area contributed by atoms with Gasteiger partial charge in [0.25, 0.3) is 11.4 Å². The maximum atomic E-state index is 13.9. The molecule has 5 aromatic rings. The van der Waals surface area contributed by atoms with E-state index in [0.717, 1.165) is 21.8 Å². The van der Waals surface area contributed by atoms with Gasteiger partial charge < -0.3 is 9.47 Å². The third kappa shape index (κ3) is 7.10. The van der Waals surface area contributed by atoms with Gasteiger partial charge >= 0.3 is 0 Å². The maximum Gasteiger partial charge on any atom is 0.283 e. The topological polar surface area (TPSA) is 183 Å². The quantitative estimate of drug-likeness (QED) is 0.0959. The van der Waals surface area contributed by atoms with Crippen LogP contribution in [-0.2, 0) is 16.6 Å². The number of hydrazone groups is 1. The first-order valence-electron chi connectivity index (χ1n) is 15.1. The summed E-state index contributed by atoms with van der Waals surface area (Å²) >= 11 is 2.63. The Kier molecular flexibility index (Phi) is 9.34. The Morgan fingerprint density at radius 3 is 2.52 bits per heavy atom. The van der Waals surface area contributed by atoms with Gasteiger partial charge in [-0.2, -0.15) is 9.41 Å². The molecule has 3 heterocycles. The Bertz CT molecular complexity index is 2220. The molecule has 0 unspecified atom stereocenters. The number of sulfonamides is 1. The minimum absolute atomic E-state index is 0.0205. The molecular weight excluding hydrogens is 707 g/mol. The maximum absolute atomic E-state index is 13.9. The highest BCUT2D eigenvalue weighted by atomic mass is 32.2. The van der Waals surface area contributed by atoms with Gasteiger partial charge in [-0.3, -0.25) is 30.6 Å². The van der Waals surface area contributed by atoms with Crippen LogP contribution in [-0.4, -0.2) is 71.6 Å². The number of benzene rings is 4. The fourth-order valence-corrected chi connectivity index (χ4v) is 9.20. The summed E-state index contributed by atoms with van der Waals surface area (Å²) in [7, 11) is -4.18. The van der Waals surface area contributed by atoms with Gasteiger partial charge in [0.15, 0.2) is 15.8 Å². The van der Waals surface area contributed by atoms with Crippen LogP contribution in [0.5, 0.6) is 11.5 Å². The number of nitrogens with one attached hydrogen (secondary N) is 1. The van der Waals surface area contributed by atoms with Crippen molar-refractivity contribution in [2.75, 3.05) is 38.4 Å². The lowest BCUT2D eigenvalue weighted by Crippen LogP contribution is -2.48. The highest BCUT2D eigenvalue weighted by Crippen LogP contribution is 2.39. The van der Waals surface area contributed by atoms with Crippen molar-refractivity contribution >= 4 is 66.6 Å². The number of non-ortho nitro benzene ring substituents is 1. The van der Waals surface area contributed by atoms with Crippen LogP contribution in [0.15, 0.2) is 98.1 Å². The molecule has 256 valence electrons. The number of nitro groups is 2. The lowest BCUT2D eigenvalue weighted by atomic mass is 10.2. The Hall–Kier alpha value is -5.14. The Labute approximate surface area is 293 Å². The Morgan fingerprint density at radius 2 is 1.74 bits per heavy atom. The van der Waals surface area contributed by atoms with Crippen LogP contribution in [0, 0.1) is 20.2 Å². The molecule has 7 rings (SSSR count). The molecule has 4 aromatic carbocycles. The third-order valence-corrected chi connectivity index (χ3v) is 12.1. The number of hydrogen-bond donors (Lipinski definition) is 1. The van der Waals surface area contributed by atoms with E-state index >= 15 is 0 Å². The molecular formula is C32H27N7O8S3. The van der Waals surface area contributed by atoms with Gasteiger partial charge in [0.05, 0.1) is 36.9 Å². The first-order chi connectivity index (χ1) is 24.1. The number of ether oxygens (including phenoxy) is 2. The number of fused-ring (bicyclic) bond motifs is 2. The molecule has 2 aliphatic rings. The molecule has 18 heteroatoms. The molecule has 0 radical (unpaired) electrons. The number of piperazine rings is 1. The van der Waals surface area contributed by atoms with E-state index in [9.17, 15) is 28.6 Å². The summed E-state index contributed by atoms with van der Waals surface area (Å²) in [5.41, 5.74) is 4.35. The van der Waals surface area contributed by atoms with E-state index in [1.165, 1.54) is 51.8 Å². The first kappa shape index (κ1) is 33.4. The van der Waals surface area contributed by atoms with E-state index in [0.29, 0.717) is 45.9 Å². The van der Waals surface area contributed by atoms with E-state index in [1.807, 2.05) is 42.5 Å². The fourth-order valence-electron chi connectivity index (χ4n) is 5.50. The second-order valence-corrected chi connectivity index (χ2v) is 15.4. The van der Waals surface area contributed by atoms with Gasteiger partial charge in [0.1, 0.15) is 4.90 Å². The molecule has 0 aliphatic carbocycles. The summed E-state index contributed by atoms with van der Waals surface area (Å²) < 4.78 is 41.5. The SMILES string of the molecule is O=[N+]([O-])c1ccc(N/N=C\c2ccc(Sc3nc4ccccc4s3)c([N+](=O)[O-])c2)c(S(=O)(=O)N2CCN(Cc3ccc4c(c3)OCO4)CC2)c1. The number of rotatable bonds is 11. The summed E-state index contributed by atoms with van der Waals surface area (Å²) in [4.78, 5) is 29.1. The van der Waals surface area contributed by atoms with Crippen molar-refractivity contribution in [2.24, 2.45) is 5.10 Å². The average Bonchev–Trinajstić information content (AvgIpc) is 3.75. The van der Waals surface area contributed by atoms with Gasteiger partial charge in [-0.05, 0) is 42.0 Å². The predicted molar refractivity (Wildman–Crippen MR) is 188 cm³/mol. The van der Waals surface area contributed by atoms with Crippen molar-refractivity contribution in [3.63, 3.8) is 0 Å². The lowest BCUT2D eigenvalue weighted by Gasteiger charge is -2.34. The van der Waals surface area contributed by atoms with Gasteiger partial charge in [-0.1, -0.05) is 36.0 Å². The number of thiazole rings is 1. The summed E-state index contributed by atoms with van der Waals surface area (Å²) in [6, 6.07) is 21.3. The molecule has 0 amide bonds. The Balaban J connectivity index is 1.05. The summed E-state index contributed by atoms with van der Waals surface area (Å²) in [6.07, 6.45) is 1.31. The second-order valence-electron chi connectivity index (χ2n) is 11.2. The summed E-state index contributed by atoms with van der Waals surface area (Å²) in [5.74, 6) is 1.36. The van der Waals surface area contributed by atoms with E-state index in [1.54, 1.807) is 12.1 Å². The van der Waals surface area contributed by atoms with Crippen molar-refractivity contribution in [1.82, 2.24) is 14.2 Å². The highest BCUT2D eigenvalue weighted by molar-refractivity contribution is 8.01. The predicted octanol–water partition coefficient (Wildman–Crippen LogP) is 5.95. The summed E-state index contributed by atoms with van der Waals surface area (Å²) in [5, 5.41) is 27.7. The largest absolute Gasteiger partial charge is 0.454 e. The number of para-hydroxylation sites is 1. The van der Waals surface area contributed by atoms with Crippen LogP contribution in [0.3, 0.4) is 0 Å². The van der Waals surface area contributed by atoms with Gasteiger partial charge in [0, 0.05) is 56.5 Å². The number of aromatic nitrogens is 1. The van der Waals surface area contributed by atoms with E-state index in [4.69, 9.17) is 9.47 Å². The van der Waals surface area contributed by atoms with E-state index in [2.05, 4.69) is 20.4 Å². The molecule has 50 heavy (non-hydrogen) atoms. The molecule has 0 spiro atoms. The van der Waals surface area contributed by atoms with Crippen molar-refractivity contribution in [3.05, 3.63) is 110 Å². The van der Waals surface area contributed by atoms with Crippen LogP contribution in [0.4, 0.5) is 17.1 Å². The van der Waals surface area contributed by atoms with Crippen LogP contribution >= 0.6 is 23.1 Å². The highest BCUT2D eigenvalue weighted by Gasteiger charge is 2.32. The summed E-state index contributed by atoms with van der Waals surface area (Å²) in [6.45, 7) is 1.98. The number of nitrogens with zero attached hydrogens (tertiary/aromatic N) is 6. The van der Waals surface area contributed by atoms with E-state index < -0.39 is 25.6 Å². The molecule has 0 atom stereocenters.